The zero-order valence-corrected chi connectivity index (χ0v) is 15.4. The first-order chi connectivity index (χ1) is 12.9. The van der Waals surface area contributed by atoms with Crippen molar-refractivity contribution in [3.63, 3.8) is 0 Å². The summed E-state index contributed by atoms with van der Waals surface area (Å²) in [5, 5.41) is 11.4. The van der Waals surface area contributed by atoms with Crippen molar-refractivity contribution in [3.8, 4) is 11.5 Å². The lowest BCUT2D eigenvalue weighted by atomic mass is 10.1. The molecule has 1 atom stereocenters. The van der Waals surface area contributed by atoms with Crippen molar-refractivity contribution in [2.75, 3.05) is 40.0 Å². The summed E-state index contributed by atoms with van der Waals surface area (Å²) in [6.07, 6.45) is -1.09. The van der Waals surface area contributed by atoms with Crippen LogP contribution in [-0.4, -0.2) is 67.8 Å². The van der Waals surface area contributed by atoms with Crippen LogP contribution in [0.4, 0.5) is 5.69 Å². The fourth-order valence-corrected chi connectivity index (χ4v) is 2.61. The molecule has 0 aromatic heterocycles. The summed E-state index contributed by atoms with van der Waals surface area (Å²) in [6.45, 7) is 5.03. The fraction of sp³-hybridized carbons (Fsp3) is 0.529. The molecule has 1 aliphatic heterocycles. The molecule has 27 heavy (non-hydrogen) atoms. The van der Waals surface area contributed by atoms with Gasteiger partial charge in [-0.3, -0.25) is 14.9 Å². The number of hydrogen-bond donors (Lipinski definition) is 0. The van der Waals surface area contributed by atoms with Gasteiger partial charge in [-0.15, -0.1) is 0 Å². The third-order valence-corrected chi connectivity index (χ3v) is 3.95. The van der Waals surface area contributed by atoms with Crippen molar-refractivity contribution in [3.05, 3.63) is 27.8 Å². The number of nitrogens with zero attached hydrogens (tertiary/aromatic N) is 2. The van der Waals surface area contributed by atoms with Crippen molar-refractivity contribution in [1.29, 1.82) is 0 Å². The number of benzene rings is 1. The molecule has 1 aromatic rings. The van der Waals surface area contributed by atoms with Crippen LogP contribution in [0.25, 0.3) is 0 Å². The van der Waals surface area contributed by atoms with Gasteiger partial charge in [-0.2, -0.15) is 0 Å². The van der Waals surface area contributed by atoms with E-state index in [2.05, 4.69) is 0 Å². The molecule has 1 amide bonds. The van der Waals surface area contributed by atoms with E-state index in [4.69, 9.17) is 18.9 Å². The maximum Gasteiger partial charge on any atom is 0.346 e. The quantitative estimate of drug-likeness (QED) is 0.395. The number of hydrogen-bond acceptors (Lipinski definition) is 8. The average molecular weight is 382 g/mol. The summed E-state index contributed by atoms with van der Waals surface area (Å²) in [7, 11) is 1.35. The molecule has 10 heteroatoms. The van der Waals surface area contributed by atoms with E-state index in [9.17, 15) is 19.7 Å². The van der Waals surface area contributed by atoms with E-state index in [0.29, 0.717) is 26.3 Å². The van der Waals surface area contributed by atoms with Crippen LogP contribution in [0.2, 0.25) is 0 Å². The van der Waals surface area contributed by atoms with Crippen molar-refractivity contribution >= 4 is 17.6 Å². The Morgan fingerprint density at radius 2 is 1.96 bits per heavy atom. The van der Waals surface area contributed by atoms with Crippen molar-refractivity contribution in [1.82, 2.24) is 4.90 Å². The number of carbonyl (C=O) groups is 2. The Hall–Kier alpha value is -2.88. The number of nitro groups is 1. The van der Waals surface area contributed by atoms with Crippen LogP contribution in [0.3, 0.4) is 0 Å². The minimum absolute atomic E-state index is 0.140. The molecule has 148 valence electrons. The normalized spacial score (nSPS) is 15.0. The largest absolute Gasteiger partial charge is 0.493 e. The lowest BCUT2D eigenvalue weighted by molar-refractivity contribution is -0.385. The van der Waals surface area contributed by atoms with Gasteiger partial charge in [0.15, 0.2) is 17.6 Å². The molecule has 1 unspecified atom stereocenters. The molecule has 1 heterocycles. The van der Waals surface area contributed by atoms with E-state index in [0.717, 1.165) is 6.07 Å². The van der Waals surface area contributed by atoms with E-state index < -0.39 is 22.7 Å². The van der Waals surface area contributed by atoms with E-state index in [1.165, 1.54) is 25.0 Å². The van der Waals surface area contributed by atoms with Crippen LogP contribution >= 0.6 is 0 Å². The second kappa shape index (κ2) is 9.17. The molecule has 2 rings (SSSR count). The number of rotatable bonds is 7. The van der Waals surface area contributed by atoms with Crippen molar-refractivity contribution in [2.24, 2.45) is 0 Å². The van der Waals surface area contributed by atoms with Gasteiger partial charge in [0.05, 0.1) is 37.9 Å². The highest BCUT2D eigenvalue weighted by Crippen LogP contribution is 2.35. The van der Waals surface area contributed by atoms with Crippen LogP contribution in [0.1, 0.15) is 24.2 Å². The van der Waals surface area contributed by atoms with Crippen LogP contribution in [-0.2, 0) is 14.3 Å². The Bertz CT molecular complexity index is 715. The Kier molecular flexibility index (Phi) is 6.94. The minimum atomic E-state index is -1.09. The zero-order valence-electron chi connectivity index (χ0n) is 15.4. The zero-order chi connectivity index (χ0) is 20.0. The highest BCUT2D eigenvalue weighted by atomic mass is 16.6. The number of nitro benzene ring substituents is 1. The first-order valence-corrected chi connectivity index (χ1v) is 8.45. The molecule has 0 bridgehead atoms. The Labute approximate surface area is 156 Å². The standard InChI is InChI=1S/C17H22N2O8/c1-4-26-15-10-13(19(22)23)12(9-14(15)24-3)17(21)27-11(2)16(20)18-5-7-25-8-6-18/h9-11H,4-8H2,1-3H3. The third-order valence-electron chi connectivity index (χ3n) is 3.95. The van der Waals surface area contributed by atoms with Crippen LogP contribution in [0.5, 0.6) is 11.5 Å². The molecule has 10 nitrogen and oxygen atoms in total. The predicted molar refractivity (Wildman–Crippen MR) is 93.1 cm³/mol. The summed E-state index contributed by atoms with van der Waals surface area (Å²) in [6, 6.07) is 2.28. The van der Waals surface area contributed by atoms with E-state index >= 15 is 0 Å². The minimum Gasteiger partial charge on any atom is -0.493 e. The van der Waals surface area contributed by atoms with Gasteiger partial charge < -0.3 is 23.8 Å². The molecular formula is C17H22N2O8. The van der Waals surface area contributed by atoms with Crippen LogP contribution < -0.4 is 9.47 Å². The Balaban J connectivity index is 2.23. The van der Waals surface area contributed by atoms with Gasteiger partial charge in [0, 0.05) is 19.2 Å². The first-order valence-electron chi connectivity index (χ1n) is 8.45. The van der Waals surface area contributed by atoms with Crippen molar-refractivity contribution in [2.45, 2.75) is 20.0 Å². The number of amides is 1. The maximum absolute atomic E-state index is 12.5. The van der Waals surface area contributed by atoms with Gasteiger partial charge in [-0.05, 0) is 13.8 Å². The molecular weight excluding hydrogens is 360 g/mol. The topological polar surface area (TPSA) is 117 Å². The highest BCUT2D eigenvalue weighted by molar-refractivity contribution is 5.96. The number of morpholine rings is 1. The maximum atomic E-state index is 12.5. The van der Waals surface area contributed by atoms with E-state index in [-0.39, 0.29) is 29.6 Å². The molecule has 1 fully saturated rings. The van der Waals surface area contributed by atoms with Gasteiger partial charge in [0.1, 0.15) is 5.56 Å². The number of methoxy groups -OCH3 is 1. The van der Waals surface area contributed by atoms with Gasteiger partial charge in [0.25, 0.3) is 11.6 Å². The van der Waals surface area contributed by atoms with Crippen LogP contribution in [0, 0.1) is 10.1 Å². The lowest BCUT2D eigenvalue weighted by Crippen LogP contribution is -2.46. The van der Waals surface area contributed by atoms with Crippen molar-refractivity contribution < 1.29 is 33.5 Å². The van der Waals surface area contributed by atoms with Gasteiger partial charge in [-0.25, -0.2) is 4.79 Å². The third kappa shape index (κ3) is 4.85. The summed E-state index contributed by atoms with van der Waals surface area (Å²) >= 11 is 0. The average Bonchev–Trinajstić information content (AvgIpc) is 2.67. The SMILES string of the molecule is CCOc1cc([N+](=O)[O-])c(C(=O)OC(C)C(=O)N2CCOCC2)cc1OC. The first kappa shape index (κ1) is 20.4. The molecule has 0 aliphatic carbocycles. The number of esters is 1. The highest BCUT2D eigenvalue weighted by Gasteiger charge is 2.30. The summed E-state index contributed by atoms with van der Waals surface area (Å²) in [5.74, 6) is -1.08. The van der Waals surface area contributed by atoms with Crippen LogP contribution in [0.15, 0.2) is 12.1 Å². The Morgan fingerprint density at radius 3 is 2.52 bits per heavy atom. The number of ether oxygens (including phenoxy) is 4. The van der Waals surface area contributed by atoms with Gasteiger partial charge in [-0.1, -0.05) is 0 Å². The van der Waals surface area contributed by atoms with E-state index in [1.807, 2.05) is 0 Å². The summed E-state index contributed by atoms with van der Waals surface area (Å²) in [4.78, 5) is 37.0. The molecule has 1 aromatic carbocycles. The predicted octanol–water partition coefficient (Wildman–Crippen LogP) is 1.41. The molecule has 0 spiro atoms. The van der Waals surface area contributed by atoms with Gasteiger partial charge >= 0.3 is 5.97 Å². The molecule has 1 saturated heterocycles. The fourth-order valence-electron chi connectivity index (χ4n) is 2.61. The second-order valence-corrected chi connectivity index (χ2v) is 5.70. The molecule has 0 N–H and O–H groups in total. The molecule has 0 saturated carbocycles. The Morgan fingerprint density at radius 1 is 1.30 bits per heavy atom. The summed E-state index contributed by atoms with van der Waals surface area (Å²) < 4.78 is 20.8. The van der Waals surface area contributed by atoms with Gasteiger partial charge in [0.2, 0.25) is 0 Å². The number of carbonyl (C=O) groups excluding carboxylic acids is 2. The smallest absolute Gasteiger partial charge is 0.346 e. The second-order valence-electron chi connectivity index (χ2n) is 5.70. The summed E-state index contributed by atoms with van der Waals surface area (Å²) in [5.41, 5.74) is -0.808. The van der Waals surface area contributed by atoms with E-state index in [1.54, 1.807) is 6.92 Å². The lowest BCUT2D eigenvalue weighted by Gasteiger charge is -2.28. The monoisotopic (exact) mass is 382 g/mol. The molecule has 0 radical (unpaired) electrons. The molecule has 1 aliphatic rings.